The molecule has 8 fully saturated rings. The summed E-state index contributed by atoms with van der Waals surface area (Å²) in [4.78, 5) is -0.548. The van der Waals surface area contributed by atoms with Crippen molar-refractivity contribution in [3.63, 3.8) is 0 Å². The Kier molecular flexibility index (Phi) is 25.5. The maximum Gasteiger partial charge on any atom is 0.416 e. The summed E-state index contributed by atoms with van der Waals surface area (Å²) in [6.45, 7) is 1.08. The quantitative estimate of drug-likeness (QED) is 0.0770. The maximum atomic E-state index is 15.5. The Morgan fingerprint density at radius 3 is 0.910 bits per heavy atom. The van der Waals surface area contributed by atoms with E-state index in [4.69, 9.17) is 47.4 Å². The van der Waals surface area contributed by atoms with Crippen molar-refractivity contribution in [1.82, 2.24) is 18.9 Å². The minimum Gasteiger partial charge on any atom is -0.490 e. The van der Waals surface area contributed by atoms with Gasteiger partial charge in [0.25, 0.3) is 0 Å². The average molecular weight is 2060 g/mol. The molecule has 0 radical (unpaired) electrons. The number of halogens is 13. The molecule has 22 nitrogen and oxygen atoms in total. The van der Waals surface area contributed by atoms with E-state index in [1.807, 2.05) is 6.07 Å². The molecule has 8 aromatic carbocycles. The van der Waals surface area contributed by atoms with Crippen molar-refractivity contribution in [2.24, 2.45) is 47.3 Å². The maximum absolute atomic E-state index is 15.5. The zero-order valence-corrected chi connectivity index (χ0v) is 79.2. The minimum atomic E-state index is -4.70. The third-order valence-electron chi connectivity index (χ3n) is 29.5. The van der Waals surface area contributed by atoms with Crippen molar-refractivity contribution in [1.29, 1.82) is 5.26 Å². The van der Waals surface area contributed by atoms with Gasteiger partial charge in [-0.2, -0.15) is 18.4 Å². The summed E-state index contributed by atoms with van der Waals surface area (Å²) in [6.07, 6.45) is -2.26. The van der Waals surface area contributed by atoms with Crippen molar-refractivity contribution in [3.05, 3.63) is 236 Å². The molecule has 0 aromatic heterocycles. The van der Waals surface area contributed by atoms with Crippen LogP contribution in [0.2, 0.25) is 10.0 Å². The van der Waals surface area contributed by atoms with E-state index in [0.717, 1.165) is 60.7 Å². The number of nitriles is 1. The van der Waals surface area contributed by atoms with Gasteiger partial charge in [-0.25, -0.2) is 96.1 Å². The Labute approximate surface area is 779 Å². The fourth-order valence-corrected chi connectivity index (χ4v) is 40.1. The van der Waals surface area contributed by atoms with Crippen LogP contribution in [0.25, 0.3) is 0 Å². The smallest absolute Gasteiger partial charge is 0.416 e. The molecule has 8 aliphatic heterocycles. The van der Waals surface area contributed by atoms with Crippen LogP contribution in [0, 0.1) is 105 Å². The summed E-state index contributed by atoms with van der Waals surface area (Å²) >= 11 is 11.9. The van der Waals surface area contributed by atoms with Crippen LogP contribution >= 0.6 is 23.2 Å². The van der Waals surface area contributed by atoms with E-state index in [9.17, 15) is 85.4 Å². The third-order valence-corrected chi connectivity index (χ3v) is 47.2. The molecule has 720 valence electrons. The van der Waals surface area contributed by atoms with Crippen LogP contribution in [-0.4, -0.2) is 145 Å². The van der Waals surface area contributed by atoms with Crippen LogP contribution in [0.5, 0.6) is 23.0 Å². The Morgan fingerprint density at radius 2 is 0.642 bits per heavy atom. The number of benzene rings is 8. The van der Waals surface area contributed by atoms with Crippen molar-refractivity contribution in [2.75, 3.05) is 43.7 Å². The first-order valence-corrected chi connectivity index (χ1v) is 56.9. The molecule has 4 saturated heterocycles. The van der Waals surface area contributed by atoms with Crippen molar-refractivity contribution in [3.8, 4) is 29.1 Å². The first-order valence-electron chi connectivity index (χ1n) is 43.0. The molecule has 0 amide bonds. The van der Waals surface area contributed by atoms with Gasteiger partial charge in [0.2, 0.25) is 10.0 Å². The molecule has 4 N–H and O–H groups in total. The standard InChI is InChI=1S/C24H24F5NO5S2.C23H22F2N2O4S2.2C22H22ClF2NO4S2/c1-2-14-11-16-17-12-35-22-19(26)8-7-18(25)21(22)23(17,10-9-20(16)30-37(14,33)34)36(31,32)15-5-3-13(4-6-15)24(27,28)29;1-32(28)11-9-16-17-13-31-22-19(25)7-6-18(24)21(22)23(17,10-8-20(16)27-32)33(29,30)15-4-2-14(12-26)3-5-15;2*1-31(27)11-9-15-16-12-30-21-18(25)7-6-17(24)20(21)22(16,10-8-19(15)26-31)32(28,29)14-4-2-13(23)3-5-14/h3-8,14,16-17,20,30H,2,9-12H2,1H3;2-7,16-17,20H,1,8-11,13H2,(H,27,28);2*2-7,15-16,19H,1,8-12H2,(H,26,27)/t14-,16+,17+,20-,23+;16-,17-,20+,23-,32?;15-,16-,19?,22-,31?;15-,16-,19+,22-,31?/m0011/s1. The second-order valence-corrected chi connectivity index (χ2v) is 54.7. The highest BCUT2D eigenvalue weighted by atomic mass is 35.5. The van der Waals surface area contributed by atoms with Crippen molar-refractivity contribution < 1.29 is 122 Å². The highest BCUT2D eigenvalue weighted by Crippen LogP contribution is 2.65. The number of fused-ring (bicyclic) bond motifs is 20. The monoisotopic (exact) mass is 2060 g/mol. The van der Waals surface area contributed by atoms with Gasteiger partial charge < -0.3 is 18.9 Å². The average Bonchev–Trinajstić information content (AvgIpc) is 0.705. The zero-order chi connectivity index (χ0) is 96.3. The summed E-state index contributed by atoms with van der Waals surface area (Å²) in [5, 5.41) is 9.01. The second-order valence-electron chi connectivity index (χ2n) is 36.2. The predicted molar refractivity (Wildman–Crippen MR) is 483 cm³/mol. The summed E-state index contributed by atoms with van der Waals surface area (Å²) in [5.41, 5.74) is -2.03. The first kappa shape index (κ1) is 97.6. The van der Waals surface area contributed by atoms with Crippen LogP contribution in [0.15, 0.2) is 165 Å². The van der Waals surface area contributed by atoms with Crippen LogP contribution in [0.4, 0.5) is 48.3 Å². The lowest BCUT2D eigenvalue weighted by molar-refractivity contribution is -0.137. The van der Waals surface area contributed by atoms with Crippen LogP contribution in [0.3, 0.4) is 0 Å². The number of nitrogens with zero attached hydrogens (tertiary/aromatic N) is 1. The zero-order valence-electron chi connectivity index (χ0n) is 71.2. The number of sulfone groups is 4. The first-order chi connectivity index (χ1) is 63.0. The molecule has 4 unspecified atom stereocenters. The van der Waals surface area contributed by atoms with E-state index in [2.05, 4.69) is 36.5 Å². The topological polar surface area (TPSA) is 331 Å². The molecular weight excluding hydrogens is 1970 g/mol. The highest BCUT2D eigenvalue weighted by Gasteiger charge is 2.69. The van der Waals surface area contributed by atoms with E-state index in [1.165, 1.54) is 72.8 Å². The molecule has 12 aliphatic rings. The Hall–Kier alpha value is -8.09. The number of hydrogen-bond donors (Lipinski definition) is 4. The molecule has 4 saturated carbocycles. The van der Waals surface area contributed by atoms with Gasteiger partial charge in [0.15, 0.2) is 85.6 Å². The lowest BCUT2D eigenvalue weighted by Crippen LogP contribution is -2.63. The van der Waals surface area contributed by atoms with E-state index in [0.29, 0.717) is 60.7 Å². The fraction of sp³-hybridized carbons (Fsp3) is 0.429. The van der Waals surface area contributed by atoms with Crippen LogP contribution < -0.4 is 37.8 Å². The van der Waals surface area contributed by atoms with Crippen molar-refractivity contribution >= 4 is 119 Å². The molecule has 0 bridgehead atoms. The molecule has 43 heteroatoms. The lowest BCUT2D eigenvalue weighted by atomic mass is 9.64. The number of nitrogens with one attached hydrogen (secondary N) is 4. The molecular formula is C91H90Cl2F11N5O17S8. The fourth-order valence-electron chi connectivity index (χ4n) is 23.5. The Bertz CT molecular complexity index is 6910. The molecule has 20 rings (SSSR count). The number of hydrogen-bond acceptors (Lipinski definition) is 18. The van der Waals surface area contributed by atoms with Gasteiger partial charge in [0.1, 0.15) is 42.3 Å². The molecule has 20 atom stereocenters. The summed E-state index contributed by atoms with van der Waals surface area (Å²) in [5.74, 6) is -0.759. The number of sulfonamides is 1. The van der Waals surface area contributed by atoms with Crippen molar-refractivity contribution in [2.45, 2.75) is 165 Å². The van der Waals surface area contributed by atoms with E-state index < -0.39 is 213 Å². The number of rotatable bonds is 9. The summed E-state index contributed by atoms with van der Waals surface area (Å²) in [7, 11) is -28.4. The predicted octanol–water partition coefficient (Wildman–Crippen LogP) is 14.9. The molecule has 4 aliphatic carbocycles. The molecule has 8 aromatic rings. The second kappa shape index (κ2) is 35.1. The van der Waals surface area contributed by atoms with Gasteiger partial charge in [0.05, 0.1) is 90.7 Å². The normalized spacial score (nSPS) is 32.9. The Morgan fingerprint density at radius 1 is 0.388 bits per heavy atom. The third kappa shape index (κ3) is 16.0. The van der Waals surface area contributed by atoms with Gasteiger partial charge in [-0.1, -0.05) is 30.1 Å². The molecule has 134 heavy (non-hydrogen) atoms. The number of ether oxygens (including phenoxy) is 4. The largest absolute Gasteiger partial charge is 0.490 e. The molecule has 8 heterocycles. The van der Waals surface area contributed by atoms with Gasteiger partial charge in [-0.15, -0.1) is 0 Å². The van der Waals surface area contributed by atoms with E-state index in [1.54, 1.807) is 6.92 Å². The molecule has 0 spiro atoms. The van der Waals surface area contributed by atoms with Gasteiger partial charge in [0, 0.05) is 104 Å². The van der Waals surface area contributed by atoms with Gasteiger partial charge in [-0.05, 0) is 270 Å². The summed E-state index contributed by atoms with van der Waals surface area (Å²) < 4.78 is 364. The van der Waals surface area contributed by atoms with E-state index in [-0.39, 0.29) is 179 Å². The van der Waals surface area contributed by atoms with Gasteiger partial charge in [-0.3, -0.25) is 12.6 Å². The highest BCUT2D eigenvalue weighted by molar-refractivity contribution is 7.99. The Balaban J connectivity index is 0.000000125. The van der Waals surface area contributed by atoms with Crippen LogP contribution in [-0.2, 0) is 104 Å². The number of alkyl halides is 3. The van der Waals surface area contributed by atoms with E-state index >= 15 is 17.6 Å². The summed E-state index contributed by atoms with van der Waals surface area (Å²) in [6, 6.07) is 27.6. The van der Waals surface area contributed by atoms with Gasteiger partial charge >= 0.3 is 6.18 Å². The SMILES string of the molecule is C=S1(=O)CC[C@@H]2[C@@H](CC[C@@]3(S(=O)(=O)c4ccc(C#N)cc4)c4c(F)ccc(F)c4OC[C@@H]23)N1.C=S1(=O)CC[C@H]2C(CC[C@]3(S(=O)(=O)c4ccc(Cl)cc4)c4c(F)ccc(F)c4OC[C@H]23)N1.C=S1(=O)CC[C@H]2[C@H](CC[C@]3(S(=O)(=O)c4ccc(Cl)cc4)c4c(F)ccc(F)c4OC[C@H]23)N1.CC[C@H]1C[C@H]2[C@H](CC[C@]3(S(=O)(=O)c4ccc(C(F)(F)F)cc4)c4c(F)ccc(F)c4OC[C@H]23)NS1(=O)=O. The lowest BCUT2D eigenvalue weighted by Gasteiger charge is -2.54. The minimum absolute atomic E-state index is 0.000418. The van der Waals surface area contributed by atoms with Crippen LogP contribution in [0.1, 0.15) is 124 Å².